The van der Waals surface area contributed by atoms with E-state index in [2.05, 4.69) is 14.8 Å². The van der Waals surface area contributed by atoms with Crippen molar-refractivity contribution in [1.29, 1.82) is 0 Å². The van der Waals surface area contributed by atoms with Crippen LogP contribution < -0.4 is 11.1 Å². The van der Waals surface area contributed by atoms with Gasteiger partial charge in [0.15, 0.2) is 6.23 Å². The molecule has 3 N–H and O–H groups in total. The number of benzene rings is 1. The molecule has 0 fully saturated rings. The van der Waals surface area contributed by atoms with Gasteiger partial charge in [0.25, 0.3) is 5.69 Å². The quantitative estimate of drug-likeness (QED) is 0.313. The van der Waals surface area contributed by atoms with Crippen molar-refractivity contribution in [1.82, 2.24) is 5.32 Å². The predicted octanol–water partition coefficient (Wildman–Crippen LogP) is 0.789. The van der Waals surface area contributed by atoms with E-state index >= 15 is 0 Å². The van der Waals surface area contributed by atoms with E-state index < -0.39 is 41.9 Å². The molecule has 0 amide bonds. The second kappa shape index (κ2) is 8.39. The summed E-state index contributed by atoms with van der Waals surface area (Å²) in [6.07, 6.45) is -7.07. The molecule has 12 heteroatoms. The minimum absolute atomic E-state index is 0.164. The fourth-order valence-electron chi connectivity index (χ4n) is 1.75. The molecule has 0 heterocycles. The topological polar surface area (TPSA) is 134 Å². The maximum absolute atomic E-state index is 12.3. The number of alkyl halides is 3. The van der Waals surface area contributed by atoms with E-state index in [1.54, 1.807) is 0 Å². The average Bonchev–Trinajstić information content (AvgIpc) is 2.54. The van der Waals surface area contributed by atoms with Gasteiger partial charge in [-0.3, -0.25) is 26.0 Å². The van der Waals surface area contributed by atoms with Crippen molar-refractivity contribution in [3.63, 3.8) is 0 Å². The Morgan fingerprint density at radius 2 is 1.88 bits per heavy atom. The normalized spacial score (nSPS) is 13.6. The van der Waals surface area contributed by atoms with Crippen molar-refractivity contribution in [3.05, 3.63) is 39.9 Å². The van der Waals surface area contributed by atoms with Gasteiger partial charge >= 0.3 is 18.1 Å². The van der Waals surface area contributed by atoms with E-state index in [0.29, 0.717) is 0 Å². The Labute approximate surface area is 139 Å². The van der Waals surface area contributed by atoms with Crippen molar-refractivity contribution in [2.24, 2.45) is 5.73 Å². The number of nitrogens with two attached hydrogens (primary N) is 1. The lowest BCUT2D eigenvalue weighted by Gasteiger charge is -2.25. The Bertz CT molecular complexity index is 635. The molecular formula is C13H14F3N3O6. The first-order chi connectivity index (χ1) is 11.6. The van der Waals surface area contributed by atoms with Gasteiger partial charge in [-0.15, -0.1) is 0 Å². The lowest BCUT2D eigenvalue weighted by Crippen LogP contribution is -2.45. The van der Waals surface area contributed by atoms with Crippen LogP contribution in [-0.4, -0.2) is 42.9 Å². The zero-order valence-corrected chi connectivity index (χ0v) is 12.8. The maximum atomic E-state index is 12.3. The van der Waals surface area contributed by atoms with Gasteiger partial charge in [-0.25, -0.2) is 4.79 Å². The molecule has 2 unspecified atom stereocenters. The molecule has 0 bridgehead atoms. The van der Waals surface area contributed by atoms with E-state index in [0.717, 1.165) is 19.2 Å². The number of carbonyl (C=O) groups excluding carboxylic acids is 2. The van der Waals surface area contributed by atoms with Crippen LogP contribution in [-0.2, 0) is 19.1 Å². The predicted molar refractivity (Wildman–Crippen MR) is 76.0 cm³/mol. The summed E-state index contributed by atoms with van der Waals surface area (Å²) in [4.78, 5) is 32.1. The second-order valence-electron chi connectivity index (χ2n) is 4.65. The lowest BCUT2D eigenvalue weighted by atomic mass is 10.0. The number of hydrogen-bond donors (Lipinski definition) is 2. The number of esters is 2. The number of hydrogen-bond acceptors (Lipinski definition) is 8. The number of nitro groups is 1. The molecule has 25 heavy (non-hydrogen) atoms. The SMILES string of the molecule is COC(=O)CNC(c1ccc([N+](=O)[O-])cc1)C(N)OC(=O)C(F)(F)F. The first-order valence-corrected chi connectivity index (χ1v) is 6.64. The number of halogens is 3. The summed E-state index contributed by atoms with van der Waals surface area (Å²) in [5.74, 6) is -3.26. The maximum Gasteiger partial charge on any atom is 0.490 e. The van der Waals surface area contributed by atoms with Crippen molar-refractivity contribution in [2.45, 2.75) is 18.4 Å². The summed E-state index contributed by atoms with van der Waals surface area (Å²) >= 11 is 0. The molecule has 1 aromatic carbocycles. The minimum atomic E-state index is -5.25. The van der Waals surface area contributed by atoms with E-state index in [-0.39, 0.29) is 11.3 Å². The van der Waals surface area contributed by atoms with Crippen LogP contribution in [0, 0.1) is 10.1 Å². The minimum Gasteiger partial charge on any atom is -0.468 e. The molecule has 2 atom stereocenters. The van der Waals surface area contributed by atoms with Crippen LogP contribution in [0.4, 0.5) is 18.9 Å². The van der Waals surface area contributed by atoms with Gasteiger partial charge < -0.3 is 9.47 Å². The molecule has 0 aliphatic heterocycles. The number of nitrogens with one attached hydrogen (secondary N) is 1. The zero-order chi connectivity index (χ0) is 19.2. The molecule has 0 aliphatic rings. The summed E-state index contributed by atoms with van der Waals surface area (Å²) in [7, 11) is 1.09. The Hall–Kier alpha value is -2.73. The van der Waals surface area contributed by atoms with E-state index in [9.17, 15) is 32.9 Å². The average molecular weight is 365 g/mol. The van der Waals surface area contributed by atoms with Crippen molar-refractivity contribution in [2.75, 3.05) is 13.7 Å². The molecule has 0 spiro atoms. The van der Waals surface area contributed by atoms with Gasteiger partial charge in [0.05, 0.1) is 24.6 Å². The number of ether oxygens (including phenoxy) is 2. The van der Waals surface area contributed by atoms with Crippen LogP contribution in [0.2, 0.25) is 0 Å². The second-order valence-corrected chi connectivity index (χ2v) is 4.65. The molecule has 0 saturated heterocycles. The van der Waals surface area contributed by atoms with Crippen LogP contribution in [0.25, 0.3) is 0 Å². The zero-order valence-electron chi connectivity index (χ0n) is 12.8. The molecular weight excluding hydrogens is 351 g/mol. The largest absolute Gasteiger partial charge is 0.490 e. The fourth-order valence-corrected chi connectivity index (χ4v) is 1.75. The van der Waals surface area contributed by atoms with E-state index in [1.165, 1.54) is 12.1 Å². The third-order valence-electron chi connectivity index (χ3n) is 2.96. The molecule has 9 nitrogen and oxygen atoms in total. The number of carbonyl (C=O) groups is 2. The van der Waals surface area contributed by atoms with Crippen LogP contribution in [0.1, 0.15) is 11.6 Å². The summed E-state index contributed by atoms with van der Waals surface area (Å²) in [6.45, 7) is -0.449. The smallest absolute Gasteiger partial charge is 0.468 e. The Balaban J connectivity index is 3.00. The molecule has 0 aliphatic carbocycles. The van der Waals surface area contributed by atoms with Crippen molar-refractivity contribution >= 4 is 17.6 Å². The van der Waals surface area contributed by atoms with Gasteiger partial charge in [0, 0.05) is 12.1 Å². The van der Waals surface area contributed by atoms with E-state index in [4.69, 9.17) is 5.73 Å². The number of rotatable bonds is 7. The molecule has 138 valence electrons. The molecule has 1 aromatic rings. The molecule has 1 rings (SSSR count). The number of nitro benzene ring substituents is 1. The highest BCUT2D eigenvalue weighted by Gasteiger charge is 2.43. The first kappa shape index (κ1) is 20.3. The van der Waals surface area contributed by atoms with Crippen LogP contribution in [0.5, 0.6) is 0 Å². The van der Waals surface area contributed by atoms with Gasteiger partial charge in [-0.05, 0) is 5.56 Å². The van der Waals surface area contributed by atoms with Gasteiger partial charge in [-0.2, -0.15) is 13.2 Å². The van der Waals surface area contributed by atoms with Crippen LogP contribution in [0.15, 0.2) is 24.3 Å². The summed E-state index contributed by atoms with van der Waals surface area (Å²) in [5, 5.41) is 13.1. The Morgan fingerprint density at radius 3 is 2.32 bits per heavy atom. The number of nitrogens with zero attached hydrogens (tertiary/aromatic N) is 1. The first-order valence-electron chi connectivity index (χ1n) is 6.64. The van der Waals surface area contributed by atoms with Gasteiger partial charge in [0.2, 0.25) is 0 Å². The summed E-state index contributed by atoms with van der Waals surface area (Å²) in [6, 6.07) is 3.33. The summed E-state index contributed by atoms with van der Waals surface area (Å²) < 4.78 is 45.4. The third-order valence-corrected chi connectivity index (χ3v) is 2.96. The summed E-state index contributed by atoms with van der Waals surface area (Å²) in [5.41, 5.74) is 5.38. The highest BCUT2D eigenvalue weighted by molar-refractivity contribution is 5.75. The molecule has 0 aromatic heterocycles. The monoisotopic (exact) mass is 365 g/mol. The number of methoxy groups -OCH3 is 1. The Kier molecular flexibility index (Phi) is 6.82. The van der Waals surface area contributed by atoms with Gasteiger partial charge in [0.1, 0.15) is 0 Å². The fraction of sp³-hybridized carbons (Fsp3) is 0.385. The van der Waals surface area contributed by atoms with Gasteiger partial charge in [-0.1, -0.05) is 12.1 Å². The molecule has 0 saturated carbocycles. The highest BCUT2D eigenvalue weighted by atomic mass is 19.4. The van der Waals surface area contributed by atoms with Crippen molar-refractivity contribution in [3.8, 4) is 0 Å². The van der Waals surface area contributed by atoms with E-state index in [1.807, 2.05) is 0 Å². The van der Waals surface area contributed by atoms with Crippen molar-refractivity contribution < 1.29 is 37.2 Å². The lowest BCUT2D eigenvalue weighted by molar-refractivity contribution is -0.384. The Morgan fingerprint density at radius 1 is 1.32 bits per heavy atom. The highest BCUT2D eigenvalue weighted by Crippen LogP contribution is 2.23. The van der Waals surface area contributed by atoms with Crippen LogP contribution in [0.3, 0.4) is 0 Å². The molecule has 0 radical (unpaired) electrons. The third kappa shape index (κ3) is 6.00. The van der Waals surface area contributed by atoms with Crippen LogP contribution >= 0.6 is 0 Å². The number of non-ortho nitro benzene ring substituents is 1. The standard InChI is InChI=1S/C13H14F3N3O6/c1-24-9(20)6-18-10(11(17)25-12(21)13(14,15)16)7-2-4-8(5-3-7)19(22)23/h2-5,10-11,18H,6,17H2,1H3.